The summed E-state index contributed by atoms with van der Waals surface area (Å²) >= 11 is 0. The molecule has 2 aliphatic heterocycles. The van der Waals surface area contributed by atoms with Gasteiger partial charge in [0.25, 0.3) is 0 Å². The number of benzene rings is 1. The highest BCUT2D eigenvalue weighted by Gasteiger charge is 2.24. The molecule has 0 radical (unpaired) electrons. The topological polar surface area (TPSA) is 33.5 Å². The van der Waals surface area contributed by atoms with Crippen molar-refractivity contribution >= 4 is 0 Å². The second-order valence-corrected chi connectivity index (χ2v) is 7.64. The van der Waals surface area contributed by atoms with Crippen LogP contribution in [-0.2, 0) is 11.3 Å². The van der Waals surface area contributed by atoms with Crippen molar-refractivity contribution in [3.8, 4) is 5.69 Å². The molecule has 1 aromatic heterocycles. The Balaban J connectivity index is 1.36. The third-order valence-corrected chi connectivity index (χ3v) is 5.73. The first-order chi connectivity index (χ1) is 13.3. The number of aromatic nitrogens is 2. The number of rotatable bonds is 6. The largest absolute Gasteiger partial charge is 0.379 e. The first-order valence-electron chi connectivity index (χ1n) is 10.1. The number of hydrogen-bond donors (Lipinski definition) is 0. The molecule has 0 aliphatic carbocycles. The van der Waals surface area contributed by atoms with Gasteiger partial charge >= 0.3 is 0 Å². The summed E-state index contributed by atoms with van der Waals surface area (Å²) in [6.45, 7) is 7.09. The minimum absolute atomic E-state index is 0.233. The monoisotopic (exact) mass is 372 g/mol. The van der Waals surface area contributed by atoms with Crippen molar-refractivity contribution in [1.82, 2.24) is 19.6 Å². The fourth-order valence-corrected chi connectivity index (χ4v) is 4.19. The van der Waals surface area contributed by atoms with E-state index in [1.807, 2.05) is 18.5 Å². The molecule has 1 atom stereocenters. The van der Waals surface area contributed by atoms with Gasteiger partial charge < -0.3 is 4.74 Å². The molecule has 2 aromatic rings. The van der Waals surface area contributed by atoms with Crippen LogP contribution in [0, 0.1) is 5.82 Å². The molecule has 2 fully saturated rings. The first-order valence-corrected chi connectivity index (χ1v) is 10.1. The van der Waals surface area contributed by atoms with Crippen molar-refractivity contribution in [2.75, 3.05) is 39.4 Å². The van der Waals surface area contributed by atoms with Crippen molar-refractivity contribution in [1.29, 1.82) is 0 Å². The summed E-state index contributed by atoms with van der Waals surface area (Å²) < 4.78 is 20.7. The fraction of sp³-hybridized carbons (Fsp3) is 0.571. The number of ether oxygens (including phenoxy) is 1. The summed E-state index contributed by atoms with van der Waals surface area (Å²) in [5, 5.41) is 4.44. The predicted molar refractivity (Wildman–Crippen MR) is 103 cm³/mol. The van der Waals surface area contributed by atoms with Crippen LogP contribution in [0.1, 0.15) is 31.2 Å². The van der Waals surface area contributed by atoms with E-state index in [4.69, 9.17) is 4.74 Å². The van der Waals surface area contributed by atoms with Gasteiger partial charge in [-0.2, -0.15) is 5.10 Å². The number of morpholine rings is 1. The van der Waals surface area contributed by atoms with Crippen molar-refractivity contribution in [3.63, 3.8) is 0 Å². The van der Waals surface area contributed by atoms with Gasteiger partial charge in [0.1, 0.15) is 5.82 Å². The molecule has 1 aromatic carbocycles. The predicted octanol–water partition coefficient (Wildman–Crippen LogP) is 3.09. The standard InChI is InChI=1S/C21H29FN4O/c22-19-4-3-6-21(14-19)26-17-18(15-23-26)16-25-8-2-1-5-20(25)7-9-24-10-12-27-13-11-24/h3-4,6,14-15,17,20H,1-2,5,7-13,16H2/t20-/m1/s1. The summed E-state index contributed by atoms with van der Waals surface area (Å²) in [5.41, 5.74) is 1.96. The summed E-state index contributed by atoms with van der Waals surface area (Å²) in [5.74, 6) is -0.233. The molecule has 0 saturated carbocycles. The lowest BCUT2D eigenvalue weighted by Gasteiger charge is -2.37. The quantitative estimate of drug-likeness (QED) is 0.780. The molecule has 27 heavy (non-hydrogen) atoms. The Kier molecular flexibility index (Phi) is 6.17. The summed E-state index contributed by atoms with van der Waals surface area (Å²) in [6.07, 6.45) is 9.04. The summed E-state index contributed by atoms with van der Waals surface area (Å²) in [7, 11) is 0. The third-order valence-electron chi connectivity index (χ3n) is 5.73. The lowest BCUT2D eigenvalue weighted by atomic mass is 9.98. The zero-order valence-corrected chi connectivity index (χ0v) is 15.9. The van der Waals surface area contributed by atoms with Crippen molar-refractivity contribution in [3.05, 3.63) is 48.0 Å². The maximum atomic E-state index is 13.5. The summed E-state index contributed by atoms with van der Waals surface area (Å²) in [4.78, 5) is 5.13. The number of hydrogen-bond acceptors (Lipinski definition) is 4. The maximum absolute atomic E-state index is 13.5. The normalized spacial score (nSPS) is 22.2. The zero-order valence-electron chi connectivity index (χ0n) is 15.9. The van der Waals surface area contributed by atoms with Gasteiger partial charge in [0.2, 0.25) is 0 Å². The van der Waals surface area contributed by atoms with Crippen LogP contribution in [0.5, 0.6) is 0 Å². The fourth-order valence-electron chi connectivity index (χ4n) is 4.19. The van der Waals surface area contributed by atoms with Crippen LogP contribution in [0.4, 0.5) is 4.39 Å². The van der Waals surface area contributed by atoms with Crippen LogP contribution >= 0.6 is 0 Å². The minimum Gasteiger partial charge on any atom is -0.379 e. The van der Waals surface area contributed by atoms with Gasteiger partial charge in [-0.3, -0.25) is 9.80 Å². The highest BCUT2D eigenvalue weighted by Crippen LogP contribution is 2.23. The average molecular weight is 372 g/mol. The summed E-state index contributed by atoms with van der Waals surface area (Å²) in [6, 6.07) is 7.22. The van der Waals surface area contributed by atoms with Crippen LogP contribution in [-0.4, -0.2) is 65.0 Å². The molecule has 2 saturated heterocycles. The first kappa shape index (κ1) is 18.6. The van der Waals surface area contributed by atoms with Crippen molar-refractivity contribution in [2.45, 2.75) is 38.3 Å². The molecule has 0 unspecified atom stereocenters. The van der Waals surface area contributed by atoms with Crippen LogP contribution in [0.15, 0.2) is 36.7 Å². The zero-order chi connectivity index (χ0) is 18.5. The molecule has 146 valence electrons. The van der Waals surface area contributed by atoms with Gasteiger partial charge in [-0.1, -0.05) is 12.5 Å². The molecular weight excluding hydrogens is 343 g/mol. The number of piperidine rings is 1. The van der Waals surface area contributed by atoms with E-state index in [1.165, 1.54) is 43.4 Å². The van der Waals surface area contributed by atoms with E-state index in [0.717, 1.165) is 51.6 Å². The Bertz CT molecular complexity index is 728. The smallest absolute Gasteiger partial charge is 0.125 e. The molecule has 5 nitrogen and oxygen atoms in total. The molecule has 6 heteroatoms. The van der Waals surface area contributed by atoms with E-state index >= 15 is 0 Å². The Morgan fingerprint density at radius 2 is 2.04 bits per heavy atom. The van der Waals surface area contributed by atoms with Gasteiger partial charge in [-0.15, -0.1) is 0 Å². The van der Waals surface area contributed by atoms with E-state index in [-0.39, 0.29) is 5.82 Å². The van der Waals surface area contributed by atoms with Gasteiger partial charge in [-0.25, -0.2) is 9.07 Å². The molecule has 0 N–H and O–H groups in total. The van der Waals surface area contributed by atoms with E-state index in [9.17, 15) is 4.39 Å². The van der Waals surface area contributed by atoms with Crippen LogP contribution in [0.3, 0.4) is 0 Å². The molecule has 0 spiro atoms. The van der Waals surface area contributed by atoms with Crippen molar-refractivity contribution < 1.29 is 9.13 Å². The number of halogens is 1. The minimum atomic E-state index is -0.233. The van der Waals surface area contributed by atoms with E-state index in [0.29, 0.717) is 6.04 Å². The van der Waals surface area contributed by atoms with Gasteiger partial charge in [0, 0.05) is 37.4 Å². The van der Waals surface area contributed by atoms with Gasteiger partial charge in [0.15, 0.2) is 0 Å². The molecule has 4 rings (SSSR count). The van der Waals surface area contributed by atoms with E-state index in [2.05, 4.69) is 14.9 Å². The lowest BCUT2D eigenvalue weighted by Crippen LogP contribution is -2.43. The SMILES string of the molecule is Fc1cccc(-n2cc(CN3CCCC[C@@H]3CCN3CCOCC3)cn2)c1. The van der Waals surface area contributed by atoms with Crippen LogP contribution in [0.25, 0.3) is 5.69 Å². The number of nitrogens with zero attached hydrogens (tertiary/aromatic N) is 4. The maximum Gasteiger partial charge on any atom is 0.125 e. The molecule has 0 amide bonds. The Hall–Kier alpha value is -1.76. The molecular formula is C21H29FN4O. The number of likely N-dealkylation sites (tertiary alicyclic amines) is 1. The highest BCUT2D eigenvalue weighted by atomic mass is 19.1. The average Bonchev–Trinajstić information content (AvgIpc) is 3.17. The Morgan fingerprint density at radius 1 is 1.15 bits per heavy atom. The molecule has 3 heterocycles. The van der Waals surface area contributed by atoms with Crippen LogP contribution in [0.2, 0.25) is 0 Å². The third kappa shape index (κ3) is 4.94. The Labute approximate surface area is 160 Å². The van der Waals surface area contributed by atoms with Gasteiger partial charge in [0.05, 0.1) is 25.1 Å². The second-order valence-electron chi connectivity index (χ2n) is 7.64. The second kappa shape index (κ2) is 8.95. The molecule has 2 aliphatic rings. The van der Waals surface area contributed by atoms with Crippen LogP contribution < -0.4 is 0 Å². The highest BCUT2D eigenvalue weighted by molar-refractivity contribution is 5.31. The Morgan fingerprint density at radius 3 is 2.89 bits per heavy atom. The molecule has 0 bridgehead atoms. The van der Waals surface area contributed by atoms with E-state index < -0.39 is 0 Å². The van der Waals surface area contributed by atoms with E-state index in [1.54, 1.807) is 10.7 Å². The van der Waals surface area contributed by atoms with Crippen molar-refractivity contribution in [2.24, 2.45) is 0 Å². The lowest BCUT2D eigenvalue weighted by molar-refractivity contribution is 0.0302. The van der Waals surface area contributed by atoms with Gasteiger partial charge in [-0.05, 0) is 50.6 Å².